The Labute approximate surface area is 125 Å². The van der Waals surface area contributed by atoms with Gasteiger partial charge in [-0.1, -0.05) is 0 Å². The highest BCUT2D eigenvalue weighted by atomic mass is 32.2. The van der Waals surface area contributed by atoms with Crippen molar-refractivity contribution in [2.24, 2.45) is 0 Å². The average molecular weight is 336 g/mol. The van der Waals surface area contributed by atoms with Crippen LogP contribution < -0.4 is 14.8 Å². The standard InChI is InChI=1S/C12H20N2O5S2/c1-9(13-2)8-14-21(17,18)12-7-10(20(4,15)16)5-6-11(12)19-3/h5-7,9,13-14H,8H2,1-4H3. The third-order valence-electron chi connectivity index (χ3n) is 2.93. The molecule has 0 spiro atoms. The summed E-state index contributed by atoms with van der Waals surface area (Å²) in [6, 6.07) is 3.67. The molecule has 0 radical (unpaired) electrons. The van der Waals surface area contributed by atoms with Crippen molar-refractivity contribution < 1.29 is 21.6 Å². The van der Waals surface area contributed by atoms with Gasteiger partial charge >= 0.3 is 0 Å². The molecule has 21 heavy (non-hydrogen) atoms. The molecule has 9 heteroatoms. The first-order valence-corrected chi connectivity index (χ1v) is 9.54. The van der Waals surface area contributed by atoms with Crippen molar-refractivity contribution in [3.8, 4) is 5.75 Å². The molecule has 0 amide bonds. The van der Waals surface area contributed by atoms with Gasteiger partial charge in [0, 0.05) is 18.8 Å². The van der Waals surface area contributed by atoms with E-state index >= 15 is 0 Å². The van der Waals surface area contributed by atoms with Gasteiger partial charge in [-0.25, -0.2) is 21.6 Å². The van der Waals surface area contributed by atoms with E-state index < -0.39 is 19.9 Å². The monoisotopic (exact) mass is 336 g/mol. The molecule has 1 rings (SSSR count). The van der Waals surface area contributed by atoms with E-state index in [-0.39, 0.29) is 28.1 Å². The van der Waals surface area contributed by atoms with Gasteiger partial charge in [0.1, 0.15) is 10.6 Å². The summed E-state index contributed by atoms with van der Waals surface area (Å²) in [4.78, 5) is -0.276. The molecule has 0 aliphatic rings. The Balaban J connectivity index is 3.26. The first kappa shape index (κ1) is 17.9. The smallest absolute Gasteiger partial charge is 0.244 e. The van der Waals surface area contributed by atoms with Crippen molar-refractivity contribution in [2.45, 2.75) is 22.8 Å². The second-order valence-electron chi connectivity index (χ2n) is 4.63. The number of sulfone groups is 1. The Morgan fingerprint density at radius 3 is 2.33 bits per heavy atom. The molecule has 1 unspecified atom stereocenters. The zero-order valence-electron chi connectivity index (χ0n) is 12.4. The fourth-order valence-electron chi connectivity index (χ4n) is 1.51. The van der Waals surface area contributed by atoms with Crippen LogP contribution in [0.4, 0.5) is 0 Å². The van der Waals surface area contributed by atoms with Crippen LogP contribution in [0.15, 0.2) is 28.0 Å². The minimum Gasteiger partial charge on any atom is -0.495 e. The van der Waals surface area contributed by atoms with Gasteiger partial charge in [0.15, 0.2) is 9.84 Å². The second-order valence-corrected chi connectivity index (χ2v) is 8.38. The number of likely N-dealkylation sites (N-methyl/N-ethyl adjacent to an activating group) is 1. The molecule has 0 heterocycles. The highest BCUT2D eigenvalue weighted by Crippen LogP contribution is 2.26. The Kier molecular flexibility index (Phi) is 5.74. The topological polar surface area (TPSA) is 102 Å². The summed E-state index contributed by atoms with van der Waals surface area (Å²) in [5.74, 6) is 0.0898. The Morgan fingerprint density at radius 2 is 1.86 bits per heavy atom. The Morgan fingerprint density at radius 1 is 1.24 bits per heavy atom. The fraction of sp³-hybridized carbons (Fsp3) is 0.500. The van der Waals surface area contributed by atoms with Crippen LogP contribution >= 0.6 is 0 Å². The van der Waals surface area contributed by atoms with E-state index in [2.05, 4.69) is 10.0 Å². The van der Waals surface area contributed by atoms with Gasteiger partial charge in [-0.15, -0.1) is 0 Å². The Bertz CT molecular complexity index is 698. The van der Waals surface area contributed by atoms with Crippen LogP contribution in [-0.2, 0) is 19.9 Å². The van der Waals surface area contributed by atoms with Crippen LogP contribution in [0.25, 0.3) is 0 Å². The van der Waals surface area contributed by atoms with Crippen LogP contribution in [0.3, 0.4) is 0 Å². The van der Waals surface area contributed by atoms with E-state index in [9.17, 15) is 16.8 Å². The summed E-state index contributed by atoms with van der Waals surface area (Å²) < 4.78 is 55.1. The molecule has 0 aromatic heterocycles. The summed E-state index contributed by atoms with van der Waals surface area (Å²) in [7, 11) is -4.34. The van der Waals surface area contributed by atoms with Gasteiger partial charge in [0.05, 0.1) is 12.0 Å². The van der Waals surface area contributed by atoms with Crippen molar-refractivity contribution in [1.29, 1.82) is 0 Å². The molecule has 0 fully saturated rings. The quantitative estimate of drug-likeness (QED) is 0.726. The van der Waals surface area contributed by atoms with Gasteiger partial charge in [-0.3, -0.25) is 0 Å². The van der Waals surface area contributed by atoms with E-state index in [1.807, 2.05) is 6.92 Å². The van der Waals surface area contributed by atoms with Crippen molar-refractivity contribution in [1.82, 2.24) is 10.0 Å². The van der Waals surface area contributed by atoms with E-state index in [0.29, 0.717) is 0 Å². The normalized spacial score (nSPS) is 13.9. The van der Waals surface area contributed by atoms with Crippen molar-refractivity contribution >= 4 is 19.9 Å². The highest BCUT2D eigenvalue weighted by Gasteiger charge is 2.22. The van der Waals surface area contributed by atoms with Crippen LogP contribution in [-0.4, -0.2) is 49.8 Å². The summed E-state index contributed by atoms with van der Waals surface area (Å²) in [6.07, 6.45) is 1.02. The number of methoxy groups -OCH3 is 1. The van der Waals surface area contributed by atoms with Crippen LogP contribution in [0.5, 0.6) is 5.75 Å². The molecule has 1 atom stereocenters. The van der Waals surface area contributed by atoms with Crippen molar-refractivity contribution in [3.63, 3.8) is 0 Å². The molecule has 1 aromatic carbocycles. The molecule has 120 valence electrons. The van der Waals surface area contributed by atoms with Gasteiger partial charge in [-0.2, -0.15) is 0 Å². The van der Waals surface area contributed by atoms with Crippen molar-refractivity contribution in [3.05, 3.63) is 18.2 Å². The molecule has 0 aliphatic heterocycles. The molecule has 1 aromatic rings. The number of rotatable bonds is 7. The SMILES string of the molecule is CNC(C)CNS(=O)(=O)c1cc(S(C)(=O)=O)ccc1OC. The van der Waals surface area contributed by atoms with E-state index in [1.165, 1.54) is 19.2 Å². The summed E-state index contributed by atoms with van der Waals surface area (Å²) in [6.45, 7) is 1.98. The molecule has 0 bridgehead atoms. The lowest BCUT2D eigenvalue weighted by Crippen LogP contribution is -2.37. The number of benzene rings is 1. The van der Waals surface area contributed by atoms with Crippen LogP contribution in [0.2, 0.25) is 0 Å². The maximum Gasteiger partial charge on any atom is 0.244 e. The third kappa shape index (κ3) is 4.67. The van der Waals surface area contributed by atoms with Gasteiger partial charge < -0.3 is 10.1 Å². The van der Waals surface area contributed by atoms with Crippen molar-refractivity contribution in [2.75, 3.05) is 27.0 Å². The van der Waals surface area contributed by atoms with Crippen LogP contribution in [0.1, 0.15) is 6.92 Å². The molecule has 0 saturated carbocycles. The van der Waals surface area contributed by atoms with Gasteiger partial charge in [-0.05, 0) is 32.2 Å². The maximum atomic E-state index is 12.3. The molecule has 0 aliphatic carbocycles. The zero-order chi connectivity index (χ0) is 16.3. The van der Waals surface area contributed by atoms with Crippen LogP contribution in [0, 0.1) is 0 Å². The number of hydrogen-bond acceptors (Lipinski definition) is 6. The summed E-state index contributed by atoms with van der Waals surface area (Å²) >= 11 is 0. The number of ether oxygens (including phenoxy) is 1. The average Bonchev–Trinajstić information content (AvgIpc) is 2.43. The molecule has 2 N–H and O–H groups in total. The van der Waals surface area contributed by atoms with E-state index in [0.717, 1.165) is 12.3 Å². The second kappa shape index (κ2) is 6.73. The first-order valence-electron chi connectivity index (χ1n) is 6.17. The molecule has 7 nitrogen and oxygen atoms in total. The summed E-state index contributed by atoms with van der Waals surface area (Å²) in [5.41, 5.74) is 0. The maximum absolute atomic E-state index is 12.3. The first-order chi connectivity index (χ1) is 9.61. The zero-order valence-corrected chi connectivity index (χ0v) is 14.0. The third-order valence-corrected chi connectivity index (χ3v) is 5.48. The minimum atomic E-state index is -3.87. The largest absolute Gasteiger partial charge is 0.495 e. The highest BCUT2D eigenvalue weighted by molar-refractivity contribution is 7.91. The van der Waals surface area contributed by atoms with Gasteiger partial charge in [0.2, 0.25) is 10.0 Å². The number of nitrogens with one attached hydrogen (secondary N) is 2. The predicted octanol–water partition coefficient (Wildman–Crippen LogP) is -0.0151. The molecular weight excluding hydrogens is 316 g/mol. The van der Waals surface area contributed by atoms with E-state index in [1.54, 1.807) is 7.05 Å². The van der Waals surface area contributed by atoms with Gasteiger partial charge in [0.25, 0.3) is 0 Å². The van der Waals surface area contributed by atoms with E-state index in [4.69, 9.17) is 4.74 Å². The lowest BCUT2D eigenvalue weighted by atomic mass is 10.3. The number of hydrogen-bond donors (Lipinski definition) is 2. The number of sulfonamides is 1. The lowest BCUT2D eigenvalue weighted by molar-refractivity contribution is 0.401. The minimum absolute atomic E-state index is 0.0659. The summed E-state index contributed by atoms with van der Waals surface area (Å²) in [5, 5.41) is 2.90. The predicted molar refractivity (Wildman–Crippen MR) is 79.8 cm³/mol. The molecule has 0 saturated heterocycles. The lowest BCUT2D eigenvalue weighted by Gasteiger charge is -2.14. The molecular formula is C12H20N2O5S2. The Hall–Kier alpha value is -1.16. The fourth-order valence-corrected chi connectivity index (χ4v) is 3.56.